The summed E-state index contributed by atoms with van der Waals surface area (Å²) in [5, 5.41) is 10.7. The molecule has 0 unspecified atom stereocenters. The van der Waals surface area contributed by atoms with Crippen molar-refractivity contribution in [3.63, 3.8) is 0 Å². The number of H-pyrrole nitrogens is 1. The molecule has 0 aliphatic heterocycles. The van der Waals surface area contributed by atoms with Crippen molar-refractivity contribution in [2.24, 2.45) is 5.10 Å². The van der Waals surface area contributed by atoms with Gasteiger partial charge in [0, 0.05) is 5.56 Å². The van der Waals surface area contributed by atoms with Crippen LogP contribution in [0.1, 0.15) is 42.4 Å². The van der Waals surface area contributed by atoms with Crippen LogP contribution in [0.4, 0.5) is 0 Å². The van der Waals surface area contributed by atoms with Crippen LogP contribution in [-0.2, 0) is 0 Å². The first kappa shape index (κ1) is 18.4. The standard InChI is InChI=1S/C20H22N4O3/c1-2-3-4-11-26-16-9-7-15(8-10-16)18-13-19(23-22-18)20(25)24-21-14-17-6-5-12-27-17/h5-10,12-14H,2-4,11H2,1H3,(H,22,23)(H,24,25)/b21-14-. The van der Waals surface area contributed by atoms with Crippen LogP contribution in [0.15, 0.2) is 58.2 Å². The van der Waals surface area contributed by atoms with Gasteiger partial charge in [0.15, 0.2) is 0 Å². The number of unbranched alkanes of at least 4 members (excludes halogenated alkanes) is 2. The lowest BCUT2D eigenvalue weighted by Crippen LogP contribution is -2.17. The van der Waals surface area contributed by atoms with E-state index in [2.05, 4.69) is 27.6 Å². The number of carbonyl (C=O) groups excluding carboxylic acids is 1. The third-order valence-corrected chi connectivity index (χ3v) is 3.89. The van der Waals surface area contributed by atoms with Crippen molar-refractivity contribution >= 4 is 12.1 Å². The van der Waals surface area contributed by atoms with Gasteiger partial charge in [0.25, 0.3) is 5.91 Å². The molecule has 0 radical (unpaired) electrons. The number of aromatic nitrogens is 2. The Morgan fingerprint density at radius 2 is 2.15 bits per heavy atom. The molecular formula is C20H22N4O3. The van der Waals surface area contributed by atoms with Gasteiger partial charge < -0.3 is 9.15 Å². The Bertz CT molecular complexity index is 867. The van der Waals surface area contributed by atoms with Crippen molar-refractivity contribution in [3.05, 3.63) is 60.2 Å². The minimum atomic E-state index is -0.382. The summed E-state index contributed by atoms with van der Waals surface area (Å²) in [4.78, 5) is 12.1. The molecule has 7 heteroatoms. The predicted octanol–water partition coefficient (Wildman–Crippen LogP) is 4.00. The maximum absolute atomic E-state index is 12.1. The third kappa shape index (κ3) is 5.31. The van der Waals surface area contributed by atoms with Crippen molar-refractivity contribution in [3.8, 4) is 17.0 Å². The van der Waals surface area contributed by atoms with Gasteiger partial charge in [0.05, 0.1) is 24.8 Å². The van der Waals surface area contributed by atoms with Gasteiger partial charge in [0.1, 0.15) is 17.2 Å². The number of nitrogens with one attached hydrogen (secondary N) is 2. The number of amides is 1. The molecule has 1 aromatic carbocycles. The van der Waals surface area contributed by atoms with Gasteiger partial charge in [-0.25, -0.2) is 5.43 Å². The molecule has 2 aromatic heterocycles. The molecule has 2 N–H and O–H groups in total. The van der Waals surface area contributed by atoms with Gasteiger partial charge in [0.2, 0.25) is 0 Å². The highest BCUT2D eigenvalue weighted by Crippen LogP contribution is 2.21. The Hall–Kier alpha value is -3.35. The zero-order valence-corrected chi connectivity index (χ0v) is 15.1. The molecule has 2 heterocycles. The van der Waals surface area contributed by atoms with E-state index in [1.54, 1.807) is 18.2 Å². The van der Waals surface area contributed by atoms with Crippen LogP contribution in [0.5, 0.6) is 5.75 Å². The smallest absolute Gasteiger partial charge is 0.289 e. The summed E-state index contributed by atoms with van der Waals surface area (Å²) in [7, 11) is 0. The zero-order chi connectivity index (χ0) is 18.9. The summed E-state index contributed by atoms with van der Waals surface area (Å²) in [5.74, 6) is 1.00. The Morgan fingerprint density at radius 3 is 2.89 bits per heavy atom. The Kier molecular flexibility index (Phi) is 6.40. The van der Waals surface area contributed by atoms with E-state index in [4.69, 9.17) is 9.15 Å². The molecule has 0 saturated carbocycles. The number of rotatable bonds is 9. The fourth-order valence-corrected chi connectivity index (χ4v) is 2.43. The molecule has 1 amide bonds. The summed E-state index contributed by atoms with van der Waals surface area (Å²) < 4.78 is 10.8. The van der Waals surface area contributed by atoms with Crippen LogP contribution in [0.25, 0.3) is 11.3 Å². The first-order valence-electron chi connectivity index (χ1n) is 8.92. The van der Waals surface area contributed by atoms with Crippen molar-refractivity contribution in [2.45, 2.75) is 26.2 Å². The number of ether oxygens (including phenoxy) is 1. The number of hydrazone groups is 1. The molecule has 0 bridgehead atoms. The van der Waals surface area contributed by atoms with Gasteiger partial charge in [-0.15, -0.1) is 0 Å². The lowest BCUT2D eigenvalue weighted by atomic mass is 10.1. The summed E-state index contributed by atoms with van der Waals surface area (Å²) in [6.07, 6.45) is 6.35. The van der Waals surface area contributed by atoms with Gasteiger partial charge in [-0.2, -0.15) is 10.2 Å². The van der Waals surface area contributed by atoms with E-state index < -0.39 is 0 Å². The zero-order valence-electron chi connectivity index (χ0n) is 15.1. The molecular weight excluding hydrogens is 344 g/mol. The number of benzene rings is 1. The minimum absolute atomic E-state index is 0.321. The first-order valence-corrected chi connectivity index (χ1v) is 8.92. The molecule has 0 aliphatic carbocycles. The van der Waals surface area contributed by atoms with Crippen molar-refractivity contribution in [1.82, 2.24) is 15.6 Å². The molecule has 0 fully saturated rings. The maximum atomic E-state index is 12.1. The number of hydrogen-bond donors (Lipinski definition) is 2. The highest BCUT2D eigenvalue weighted by atomic mass is 16.5. The van der Waals surface area contributed by atoms with Crippen LogP contribution in [0, 0.1) is 0 Å². The van der Waals surface area contributed by atoms with Crippen LogP contribution >= 0.6 is 0 Å². The normalized spacial score (nSPS) is 11.0. The second-order valence-corrected chi connectivity index (χ2v) is 5.96. The summed E-state index contributed by atoms with van der Waals surface area (Å²) >= 11 is 0. The highest BCUT2D eigenvalue weighted by molar-refractivity contribution is 5.93. The van der Waals surface area contributed by atoms with Crippen molar-refractivity contribution in [2.75, 3.05) is 6.61 Å². The highest BCUT2D eigenvalue weighted by Gasteiger charge is 2.10. The quantitative estimate of drug-likeness (QED) is 0.340. The van der Waals surface area contributed by atoms with Crippen molar-refractivity contribution < 1.29 is 13.9 Å². The number of nitrogens with zero attached hydrogens (tertiary/aromatic N) is 2. The van der Waals surface area contributed by atoms with Gasteiger partial charge in [-0.1, -0.05) is 19.8 Å². The summed E-state index contributed by atoms with van der Waals surface area (Å²) in [6, 6.07) is 12.8. The second kappa shape index (κ2) is 9.38. The van der Waals surface area contributed by atoms with E-state index in [0.717, 1.165) is 24.3 Å². The van der Waals surface area contributed by atoms with Gasteiger partial charge in [-0.3, -0.25) is 9.89 Å². The minimum Gasteiger partial charge on any atom is -0.494 e. The van der Waals surface area contributed by atoms with E-state index in [9.17, 15) is 4.79 Å². The first-order chi connectivity index (χ1) is 13.3. The number of furan rings is 1. The Labute approximate surface area is 157 Å². The van der Waals surface area contributed by atoms with Gasteiger partial charge in [-0.05, 0) is 48.9 Å². The molecule has 0 saturated heterocycles. The lowest BCUT2D eigenvalue weighted by molar-refractivity contribution is 0.0950. The molecule has 0 aliphatic rings. The van der Waals surface area contributed by atoms with Crippen LogP contribution < -0.4 is 10.2 Å². The van der Waals surface area contributed by atoms with E-state index in [1.807, 2.05) is 24.3 Å². The average molecular weight is 366 g/mol. The third-order valence-electron chi connectivity index (χ3n) is 3.89. The molecule has 0 spiro atoms. The average Bonchev–Trinajstić information content (AvgIpc) is 3.38. The second-order valence-electron chi connectivity index (χ2n) is 5.96. The molecule has 140 valence electrons. The summed E-state index contributed by atoms with van der Waals surface area (Å²) in [6.45, 7) is 2.89. The largest absolute Gasteiger partial charge is 0.494 e. The van der Waals surface area contributed by atoms with E-state index in [1.165, 1.54) is 25.3 Å². The van der Waals surface area contributed by atoms with Gasteiger partial charge >= 0.3 is 0 Å². The molecule has 27 heavy (non-hydrogen) atoms. The molecule has 0 atom stereocenters. The van der Waals surface area contributed by atoms with Crippen LogP contribution in [0.2, 0.25) is 0 Å². The number of carbonyl (C=O) groups is 1. The number of hydrogen-bond acceptors (Lipinski definition) is 5. The Balaban J connectivity index is 1.55. The SMILES string of the molecule is CCCCCOc1ccc(-c2cc(C(=O)N/N=C\c3ccco3)[nH]n2)cc1. The fraction of sp³-hybridized carbons (Fsp3) is 0.250. The van der Waals surface area contributed by atoms with Crippen LogP contribution in [0.3, 0.4) is 0 Å². The molecule has 3 aromatic rings. The van der Waals surface area contributed by atoms with E-state index >= 15 is 0 Å². The van der Waals surface area contributed by atoms with E-state index in [0.29, 0.717) is 17.1 Å². The van der Waals surface area contributed by atoms with E-state index in [-0.39, 0.29) is 5.91 Å². The Morgan fingerprint density at radius 1 is 1.30 bits per heavy atom. The molecule has 7 nitrogen and oxygen atoms in total. The van der Waals surface area contributed by atoms with Crippen molar-refractivity contribution in [1.29, 1.82) is 0 Å². The molecule has 3 rings (SSSR count). The number of aromatic amines is 1. The lowest BCUT2D eigenvalue weighted by Gasteiger charge is -2.06. The monoisotopic (exact) mass is 366 g/mol. The predicted molar refractivity (Wildman–Crippen MR) is 103 cm³/mol. The summed E-state index contributed by atoms with van der Waals surface area (Å²) in [5.41, 5.74) is 4.31. The topological polar surface area (TPSA) is 92.5 Å². The fourth-order valence-electron chi connectivity index (χ4n) is 2.43. The van der Waals surface area contributed by atoms with Crippen LogP contribution in [-0.4, -0.2) is 28.9 Å². The maximum Gasteiger partial charge on any atom is 0.289 e.